The molecule has 1 saturated heterocycles. The smallest absolute Gasteiger partial charge is 0.0459 e. The van der Waals surface area contributed by atoms with E-state index in [0.717, 1.165) is 13.1 Å². The molecule has 2 heteroatoms. The molecule has 1 aromatic rings. The van der Waals surface area contributed by atoms with E-state index in [1.807, 2.05) is 0 Å². The Labute approximate surface area is 97.6 Å². The average molecular weight is 216 g/mol. The maximum Gasteiger partial charge on any atom is 0.0459 e. The summed E-state index contributed by atoms with van der Waals surface area (Å²) in [4.78, 5) is 2.62. The maximum atomic E-state index is 3.53. The molecule has 1 fully saturated rings. The summed E-state index contributed by atoms with van der Waals surface area (Å²) in [6, 6.07) is 6.07. The second-order valence-electron chi connectivity index (χ2n) is 5.34. The topological polar surface area (TPSA) is 15.3 Å². The van der Waals surface area contributed by atoms with E-state index in [0.29, 0.717) is 12.1 Å². The molecule has 0 aromatic heterocycles. The molecule has 2 unspecified atom stereocenters. The zero-order valence-electron chi connectivity index (χ0n) is 10.4. The minimum absolute atomic E-state index is 0.627. The van der Waals surface area contributed by atoms with Crippen molar-refractivity contribution in [3.63, 3.8) is 0 Å². The largest absolute Gasteiger partial charge is 0.363 e. The first-order valence-electron chi connectivity index (χ1n) is 6.26. The summed E-state index contributed by atoms with van der Waals surface area (Å²) in [7, 11) is 0. The second kappa shape index (κ2) is 3.49. The number of hydrogen-bond donors (Lipinski definition) is 1. The summed E-state index contributed by atoms with van der Waals surface area (Å²) >= 11 is 0. The van der Waals surface area contributed by atoms with Gasteiger partial charge in [-0.1, -0.05) is 6.07 Å². The standard InChI is InChI=1S/C14H20N2/c1-9-4-12-6-13-8-15-7-11(3)16(13)14(12)5-10(9)2/h4-5,11,13,15H,6-8H2,1-3H3. The van der Waals surface area contributed by atoms with E-state index < -0.39 is 0 Å². The molecular formula is C14H20N2. The van der Waals surface area contributed by atoms with Crippen LogP contribution in [0.5, 0.6) is 0 Å². The van der Waals surface area contributed by atoms with Crippen LogP contribution < -0.4 is 10.2 Å². The molecule has 0 amide bonds. The Kier molecular flexibility index (Phi) is 2.21. The van der Waals surface area contributed by atoms with Crippen molar-refractivity contribution in [2.24, 2.45) is 0 Å². The first-order chi connectivity index (χ1) is 7.66. The molecule has 0 aliphatic carbocycles. The van der Waals surface area contributed by atoms with E-state index in [4.69, 9.17) is 0 Å². The number of rotatable bonds is 0. The third kappa shape index (κ3) is 1.36. The van der Waals surface area contributed by atoms with E-state index >= 15 is 0 Å². The van der Waals surface area contributed by atoms with E-state index in [1.165, 1.54) is 23.2 Å². The van der Waals surface area contributed by atoms with Gasteiger partial charge in [-0.25, -0.2) is 0 Å². The zero-order valence-corrected chi connectivity index (χ0v) is 10.4. The van der Waals surface area contributed by atoms with Crippen molar-refractivity contribution in [1.29, 1.82) is 0 Å². The average Bonchev–Trinajstić information content (AvgIpc) is 2.58. The van der Waals surface area contributed by atoms with Gasteiger partial charge in [0.05, 0.1) is 0 Å². The molecule has 1 N–H and O–H groups in total. The van der Waals surface area contributed by atoms with Crippen LogP contribution in [0.3, 0.4) is 0 Å². The van der Waals surface area contributed by atoms with Gasteiger partial charge in [0.25, 0.3) is 0 Å². The van der Waals surface area contributed by atoms with Crippen molar-refractivity contribution in [1.82, 2.24) is 5.32 Å². The summed E-state index contributed by atoms with van der Waals surface area (Å²) in [6.45, 7) is 9.01. The quantitative estimate of drug-likeness (QED) is 0.714. The SMILES string of the molecule is Cc1cc2c(cc1C)N1C(C)CNCC1C2. The molecule has 2 atom stereocenters. The Bertz CT molecular complexity index is 425. The lowest BCUT2D eigenvalue weighted by Crippen LogP contribution is -2.54. The highest BCUT2D eigenvalue weighted by Gasteiger charge is 2.35. The minimum atomic E-state index is 0.627. The zero-order chi connectivity index (χ0) is 11.3. The van der Waals surface area contributed by atoms with Crippen molar-refractivity contribution in [2.45, 2.75) is 39.3 Å². The Balaban J connectivity index is 2.06. The first-order valence-corrected chi connectivity index (χ1v) is 6.26. The molecule has 1 aromatic carbocycles. The lowest BCUT2D eigenvalue weighted by Gasteiger charge is -2.38. The predicted molar refractivity (Wildman–Crippen MR) is 68.2 cm³/mol. The second-order valence-corrected chi connectivity index (χ2v) is 5.34. The van der Waals surface area contributed by atoms with Gasteiger partial charge in [-0.15, -0.1) is 0 Å². The summed E-state index contributed by atoms with van der Waals surface area (Å²) < 4.78 is 0. The molecule has 0 saturated carbocycles. The lowest BCUT2D eigenvalue weighted by atomic mass is 10.0. The van der Waals surface area contributed by atoms with Gasteiger partial charge in [0.1, 0.15) is 0 Å². The third-order valence-electron chi connectivity index (χ3n) is 4.12. The van der Waals surface area contributed by atoms with Gasteiger partial charge in [0.2, 0.25) is 0 Å². The molecule has 3 rings (SSSR count). The summed E-state index contributed by atoms with van der Waals surface area (Å²) in [5.74, 6) is 0. The van der Waals surface area contributed by atoms with Crippen LogP contribution in [-0.2, 0) is 6.42 Å². The summed E-state index contributed by atoms with van der Waals surface area (Å²) in [6.07, 6.45) is 1.22. The van der Waals surface area contributed by atoms with Crippen LogP contribution in [0.4, 0.5) is 5.69 Å². The molecule has 2 heterocycles. The molecule has 0 bridgehead atoms. The van der Waals surface area contributed by atoms with Crippen LogP contribution in [-0.4, -0.2) is 25.2 Å². The van der Waals surface area contributed by atoms with Crippen LogP contribution >= 0.6 is 0 Å². The Morgan fingerprint density at radius 2 is 1.94 bits per heavy atom. The summed E-state index contributed by atoms with van der Waals surface area (Å²) in [5, 5.41) is 3.53. The van der Waals surface area contributed by atoms with Gasteiger partial charge in [-0.3, -0.25) is 0 Å². The van der Waals surface area contributed by atoms with Crippen molar-refractivity contribution in [2.75, 3.05) is 18.0 Å². The minimum Gasteiger partial charge on any atom is -0.363 e. The highest BCUT2D eigenvalue weighted by Crippen LogP contribution is 2.36. The number of anilines is 1. The number of aryl methyl sites for hydroxylation is 2. The van der Waals surface area contributed by atoms with Crippen LogP contribution in [0.25, 0.3) is 0 Å². The van der Waals surface area contributed by atoms with Gasteiger partial charge < -0.3 is 10.2 Å². The molecule has 86 valence electrons. The van der Waals surface area contributed by atoms with Crippen LogP contribution in [0.15, 0.2) is 12.1 Å². The fraction of sp³-hybridized carbons (Fsp3) is 0.571. The van der Waals surface area contributed by atoms with Crippen LogP contribution in [0.2, 0.25) is 0 Å². The number of fused-ring (bicyclic) bond motifs is 3. The fourth-order valence-corrected chi connectivity index (χ4v) is 3.14. The number of nitrogens with one attached hydrogen (secondary N) is 1. The fourth-order valence-electron chi connectivity index (χ4n) is 3.14. The highest BCUT2D eigenvalue weighted by atomic mass is 15.3. The van der Waals surface area contributed by atoms with Crippen molar-refractivity contribution in [3.8, 4) is 0 Å². The summed E-state index contributed by atoms with van der Waals surface area (Å²) in [5.41, 5.74) is 5.88. The highest BCUT2D eigenvalue weighted by molar-refractivity contribution is 5.63. The van der Waals surface area contributed by atoms with Gasteiger partial charge in [0, 0.05) is 30.9 Å². The van der Waals surface area contributed by atoms with Gasteiger partial charge in [0.15, 0.2) is 0 Å². The van der Waals surface area contributed by atoms with Crippen molar-refractivity contribution < 1.29 is 0 Å². The monoisotopic (exact) mass is 216 g/mol. The molecule has 2 aliphatic heterocycles. The lowest BCUT2D eigenvalue weighted by molar-refractivity contribution is 0.430. The van der Waals surface area contributed by atoms with Gasteiger partial charge in [-0.05, 0) is 49.9 Å². The molecular weight excluding hydrogens is 196 g/mol. The van der Waals surface area contributed by atoms with E-state index in [-0.39, 0.29) is 0 Å². The number of nitrogens with zero attached hydrogens (tertiary/aromatic N) is 1. The van der Waals surface area contributed by atoms with Crippen LogP contribution in [0.1, 0.15) is 23.6 Å². The van der Waals surface area contributed by atoms with E-state index in [1.54, 1.807) is 5.56 Å². The first kappa shape index (κ1) is 10.2. The molecule has 16 heavy (non-hydrogen) atoms. The number of hydrogen-bond acceptors (Lipinski definition) is 2. The third-order valence-corrected chi connectivity index (χ3v) is 4.12. The molecule has 2 aliphatic rings. The number of piperazine rings is 1. The molecule has 0 spiro atoms. The van der Waals surface area contributed by atoms with Gasteiger partial charge >= 0.3 is 0 Å². The maximum absolute atomic E-state index is 3.53. The van der Waals surface area contributed by atoms with Crippen molar-refractivity contribution in [3.05, 3.63) is 28.8 Å². The Hall–Kier alpha value is -1.02. The van der Waals surface area contributed by atoms with Gasteiger partial charge in [-0.2, -0.15) is 0 Å². The predicted octanol–water partition coefficient (Wildman–Crippen LogP) is 2.03. The van der Waals surface area contributed by atoms with Crippen molar-refractivity contribution >= 4 is 5.69 Å². The Morgan fingerprint density at radius 3 is 2.75 bits per heavy atom. The molecule has 0 radical (unpaired) electrons. The number of benzene rings is 1. The van der Waals surface area contributed by atoms with Crippen LogP contribution in [0, 0.1) is 13.8 Å². The van der Waals surface area contributed by atoms with E-state index in [2.05, 4.69) is 43.1 Å². The molecule has 2 nitrogen and oxygen atoms in total. The Morgan fingerprint density at radius 1 is 1.19 bits per heavy atom. The normalized spacial score (nSPS) is 27.8. The van der Waals surface area contributed by atoms with E-state index in [9.17, 15) is 0 Å².